The van der Waals surface area contributed by atoms with Crippen LogP contribution in [0, 0.1) is 0 Å². The fourth-order valence-corrected chi connectivity index (χ4v) is 4.81. The lowest BCUT2D eigenvalue weighted by Crippen LogP contribution is -2.36. The second-order valence-electron chi connectivity index (χ2n) is 6.77. The van der Waals surface area contributed by atoms with Crippen LogP contribution in [-0.2, 0) is 20.0 Å². The van der Waals surface area contributed by atoms with E-state index in [1.807, 2.05) is 0 Å². The second kappa shape index (κ2) is 6.93. The van der Waals surface area contributed by atoms with Gasteiger partial charge in [-0.25, -0.2) is 18.0 Å². The van der Waals surface area contributed by atoms with Crippen molar-refractivity contribution in [2.75, 3.05) is 11.8 Å². The highest BCUT2D eigenvalue weighted by Gasteiger charge is 2.35. The molecule has 2 aromatic carbocycles. The zero-order chi connectivity index (χ0) is 21.7. The van der Waals surface area contributed by atoms with E-state index < -0.39 is 20.0 Å². The molecule has 1 aromatic heterocycles. The minimum absolute atomic E-state index is 0.129. The molecule has 0 saturated heterocycles. The van der Waals surface area contributed by atoms with E-state index in [4.69, 9.17) is 21.2 Å². The highest BCUT2D eigenvalue weighted by Crippen LogP contribution is 2.37. The summed E-state index contributed by atoms with van der Waals surface area (Å²) in [5, 5.41) is 5.47. The van der Waals surface area contributed by atoms with Crippen LogP contribution in [0.1, 0.15) is 0 Å². The van der Waals surface area contributed by atoms with Crippen molar-refractivity contribution in [1.29, 1.82) is 0 Å². The van der Waals surface area contributed by atoms with Crippen molar-refractivity contribution >= 4 is 60.3 Å². The predicted molar refractivity (Wildman–Crippen MR) is 116 cm³/mol. The highest BCUT2D eigenvalue weighted by atomic mass is 35.5. The summed E-state index contributed by atoms with van der Waals surface area (Å²) >= 11 is 6.08. The van der Waals surface area contributed by atoms with Gasteiger partial charge in [0.05, 0.1) is 7.05 Å². The van der Waals surface area contributed by atoms with E-state index in [1.54, 1.807) is 43.4 Å². The quantitative estimate of drug-likeness (QED) is 0.557. The van der Waals surface area contributed by atoms with Crippen LogP contribution in [-0.4, -0.2) is 30.2 Å². The van der Waals surface area contributed by atoms with Gasteiger partial charge in [0.15, 0.2) is 5.69 Å². The summed E-state index contributed by atoms with van der Waals surface area (Å²) in [6.45, 7) is 0. The van der Waals surface area contributed by atoms with Gasteiger partial charge in [-0.15, -0.1) is 0 Å². The molecule has 0 saturated carbocycles. The molecular weight excluding hydrogens is 452 g/mol. The maximum atomic E-state index is 13.0. The van der Waals surface area contributed by atoms with Crippen LogP contribution >= 0.6 is 11.6 Å². The van der Waals surface area contributed by atoms with Crippen LogP contribution in [0.4, 0.5) is 11.4 Å². The summed E-state index contributed by atoms with van der Waals surface area (Å²) in [6.07, 6.45) is 2.61. The van der Waals surface area contributed by atoms with Crippen LogP contribution in [0.25, 0.3) is 11.0 Å². The molecule has 2 heterocycles. The van der Waals surface area contributed by atoms with Gasteiger partial charge in [0.1, 0.15) is 17.5 Å². The molecule has 0 fully saturated rings. The number of hydrogen-bond acceptors (Lipinski definition) is 6. The number of primary sulfonamides is 1. The molecule has 0 aliphatic carbocycles. The zero-order valence-corrected chi connectivity index (χ0v) is 17.9. The number of para-hydroxylation sites is 1. The number of nitrogens with two attached hydrogens (primary N) is 1. The van der Waals surface area contributed by atoms with E-state index in [0.29, 0.717) is 16.7 Å². The molecular formula is C18H16ClN4O5S2+. The van der Waals surface area contributed by atoms with Crippen molar-refractivity contribution in [2.45, 2.75) is 5.09 Å². The molecule has 4 rings (SSSR count). The molecule has 12 heteroatoms. The zero-order valence-electron chi connectivity index (χ0n) is 15.5. The van der Waals surface area contributed by atoms with Gasteiger partial charge in [-0.1, -0.05) is 29.8 Å². The fraction of sp³-hybridized carbons (Fsp3) is 0.0556. The van der Waals surface area contributed by atoms with Crippen molar-refractivity contribution in [1.82, 2.24) is 4.48 Å². The van der Waals surface area contributed by atoms with Gasteiger partial charge in [0, 0.05) is 22.5 Å². The van der Waals surface area contributed by atoms with Gasteiger partial charge in [-0.2, -0.15) is 13.4 Å². The molecule has 1 aliphatic heterocycles. The van der Waals surface area contributed by atoms with Crippen molar-refractivity contribution in [2.24, 2.45) is 10.1 Å². The molecule has 0 bridgehead atoms. The number of quaternary nitrogens is 1. The molecule has 9 nitrogen and oxygen atoms in total. The smallest absolute Gasteiger partial charge is 0.295 e. The van der Waals surface area contributed by atoms with Crippen LogP contribution in [0.2, 0.25) is 5.02 Å². The first kappa shape index (κ1) is 20.6. The highest BCUT2D eigenvalue weighted by molar-refractivity contribution is 7.93. The lowest BCUT2D eigenvalue weighted by Gasteiger charge is -2.24. The summed E-state index contributed by atoms with van der Waals surface area (Å²) in [6, 6.07) is 12.8. The largest absolute Gasteiger partial charge is 0.443 e. The van der Waals surface area contributed by atoms with Crippen molar-refractivity contribution < 1.29 is 21.3 Å². The summed E-state index contributed by atoms with van der Waals surface area (Å²) < 4.78 is 56.9. The molecule has 0 spiro atoms. The Morgan fingerprint density at radius 2 is 1.83 bits per heavy atom. The first-order valence-electron chi connectivity index (χ1n) is 8.46. The predicted octanol–water partition coefficient (Wildman–Crippen LogP) is 2.95. The third kappa shape index (κ3) is 3.73. The van der Waals surface area contributed by atoms with E-state index in [0.717, 1.165) is 0 Å². The Balaban J connectivity index is 1.78. The van der Waals surface area contributed by atoms with Gasteiger partial charge >= 0.3 is 0 Å². The summed E-state index contributed by atoms with van der Waals surface area (Å²) in [4.78, 5) is 3.85. The molecule has 156 valence electrons. The number of nitrogens with one attached hydrogen (secondary N) is 1. The lowest BCUT2D eigenvalue weighted by molar-refractivity contribution is 0.484. The van der Waals surface area contributed by atoms with E-state index in [-0.39, 0.29) is 25.3 Å². The van der Waals surface area contributed by atoms with Crippen LogP contribution in [0.3, 0.4) is 0 Å². The molecule has 30 heavy (non-hydrogen) atoms. The fourth-order valence-electron chi connectivity index (χ4n) is 3.05. The Morgan fingerprint density at radius 3 is 2.50 bits per heavy atom. The molecule has 0 amide bonds. The van der Waals surface area contributed by atoms with Gasteiger partial charge in [-0.3, -0.25) is 4.72 Å². The van der Waals surface area contributed by atoms with Gasteiger partial charge in [0.2, 0.25) is 16.5 Å². The maximum absolute atomic E-state index is 13.0. The summed E-state index contributed by atoms with van der Waals surface area (Å²) in [5.41, 5.74) is 0.931. The van der Waals surface area contributed by atoms with Gasteiger partial charge < -0.3 is 4.42 Å². The normalized spacial score (nSPS) is 19.2. The average Bonchev–Trinajstić information content (AvgIpc) is 3.26. The van der Waals surface area contributed by atoms with Crippen molar-refractivity contribution in [3.63, 3.8) is 0 Å². The van der Waals surface area contributed by atoms with E-state index in [1.165, 1.54) is 24.7 Å². The van der Waals surface area contributed by atoms with E-state index in [9.17, 15) is 16.8 Å². The number of furan rings is 1. The van der Waals surface area contributed by atoms with Gasteiger partial charge in [-0.05, 0) is 18.2 Å². The molecule has 1 aliphatic rings. The Kier molecular flexibility index (Phi) is 4.75. The van der Waals surface area contributed by atoms with Gasteiger partial charge in [0.25, 0.3) is 20.0 Å². The Morgan fingerprint density at radius 1 is 1.10 bits per heavy atom. The lowest BCUT2D eigenvalue weighted by atomic mass is 10.2. The number of halogens is 1. The Bertz CT molecular complexity index is 1410. The van der Waals surface area contributed by atoms with Crippen LogP contribution in [0.15, 0.2) is 74.3 Å². The Hall–Kier alpha value is -2.70. The molecule has 0 radical (unpaired) electrons. The standard InChI is InChI=1S/C18H16ClN4O5S2/c1-23(10-17(21-11-23)29(20,24)25)15-7-6-13(19)9-14(15)22-30(26,27)18-8-12-4-2-3-5-16(12)28-18/h2-11,22H,1H3,(H2,20,24,25)/q+1. The maximum Gasteiger partial charge on any atom is 0.295 e. The Labute approximate surface area is 177 Å². The third-order valence-electron chi connectivity index (χ3n) is 4.48. The summed E-state index contributed by atoms with van der Waals surface area (Å²) in [7, 11) is -6.52. The monoisotopic (exact) mass is 467 g/mol. The van der Waals surface area contributed by atoms with Crippen LogP contribution < -0.4 is 14.3 Å². The van der Waals surface area contributed by atoms with E-state index >= 15 is 0 Å². The molecule has 3 aromatic rings. The van der Waals surface area contributed by atoms with Crippen molar-refractivity contribution in [3.8, 4) is 0 Å². The topological polar surface area (TPSA) is 132 Å². The number of nitrogens with zero attached hydrogens (tertiary/aromatic N) is 2. The minimum atomic E-state index is -4.11. The number of fused-ring (bicyclic) bond motifs is 1. The number of sulfonamides is 2. The molecule has 1 unspecified atom stereocenters. The summed E-state index contributed by atoms with van der Waals surface area (Å²) in [5.74, 6) is 0. The first-order chi connectivity index (χ1) is 14.0. The number of rotatable bonds is 5. The van der Waals surface area contributed by atoms with Crippen molar-refractivity contribution in [3.05, 3.63) is 64.8 Å². The average molecular weight is 468 g/mol. The first-order valence-corrected chi connectivity index (χ1v) is 11.9. The SMILES string of the molecule is C[N+]1(c2ccc(Cl)cc2NS(=O)(=O)c2cc3ccccc3o2)C=NC(S(N)(=O)=O)=C1. The van der Waals surface area contributed by atoms with Crippen LogP contribution in [0.5, 0.6) is 0 Å². The number of benzene rings is 2. The number of aliphatic imine (C=N–C) groups is 1. The molecule has 3 N–H and O–H groups in total. The number of hydrogen-bond donors (Lipinski definition) is 2. The molecule has 1 atom stereocenters. The minimum Gasteiger partial charge on any atom is -0.443 e. The number of anilines is 1. The second-order valence-corrected chi connectivity index (χ2v) is 10.3. The third-order valence-corrected chi connectivity index (χ3v) is 6.73. The van der Waals surface area contributed by atoms with E-state index in [2.05, 4.69) is 9.71 Å².